The first kappa shape index (κ1) is 34.3. The minimum atomic E-state index is -0.926. The highest BCUT2D eigenvalue weighted by Gasteiger charge is 2.45. The number of nitrogens with one attached hydrogen (secondary N) is 2. The van der Waals surface area contributed by atoms with Crippen LogP contribution >= 0.6 is 0 Å². The molecule has 2 aliphatic rings. The Morgan fingerprint density at radius 3 is 2.14 bits per heavy atom. The van der Waals surface area contributed by atoms with Gasteiger partial charge in [0.05, 0.1) is 17.4 Å². The van der Waals surface area contributed by atoms with Gasteiger partial charge in [-0.05, 0) is 74.4 Å². The van der Waals surface area contributed by atoms with Crippen LogP contribution < -0.4 is 10.6 Å². The van der Waals surface area contributed by atoms with E-state index in [4.69, 9.17) is 0 Å². The molecule has 0 bridgehead atoms. The van der Waals surface area contributed by atoms with Gasteiger partial charge in [-0.15, -0.1) is 0 Å². The number of carbonyl (C=O) groups excluding carboxylic acids is 2. The van der Waals surface area contributed by atoms with Gasteiger partial charge >= 0.3 is 0 Å². The average molecular weight is 679 g/mol. The number of aromatic hydroxyl groups is 1. The highest BCUT2D eigenvalue weighted by atomic mass is 16.3. The van der Waals surface area contributed by atoms with Crippen LogP contribution in [0.3, 0.4) is 0 Å². The van der Waals surface area contributed by atoms with Crippen LogP contribution in [0.15, 0.2) is 97.1 Å². The number of Topliss-reactive ketones (excluding diaryl/α,β-unsaturated/α-hetero) is 2. The number of anilines is 2. The SMILES string of the molecule is CC(C)(C)c1cc(CCC(O)Nc2cccc3c2NC(C2C(=O)c4cc5ccccc5c(-c5ccccc5)c4C2=O)C=C3)cc(C(C)(C)C)c1O. The normalized spacial score (nSPS) is 17.6. The first-order valence-corrected chi connectivity index (χ1v) is 17.8. The number of phenolic OH excluding ortho intramolecular Hbond substituents is 1. The molecule has 7 rings (SSSR count). The topological polar surface area (TPSA) is 98.7 Å². The van der Waals surface area contributed by atoms with Gasteiger partial charge in [0, 0.05) is 16.7 Å². The predicted molar refractivity (Wildman–Crippen MR) is 208 cm³/mol. The third-order valence-corrected chi connectivity index (χ3v) is 10.3. The second-order valence-electron chi connectivity index (χ2n) is 16.0. The number of aliphatic hydroxyl groups excluding tert-OH is 1. The Balaban J connectivity index is 1.14. The molecule has 5 aromatic rings. The van der Waals surface area contributed by atoms with E-state index in [9.17, 15) is 19.8 Å². The Hall–Kier alpha value is -5.20. The maximum atomic E-state index is 14.4. The fourth-order valence-corrected chi connectivity index (χ4v) is 7.61. The standard InChI is InChI=1S/C45H46N2O4/c1-44(2,3)32-23-26(24-33(42(32)50)45(4,5)6)19-22-36(48)46-35-18-12-16-28-20-21-34(47-40(28)35)39-41(49)31-25-29-15-10-11-17-30(29)37(38(31)43(39)51)27-13-8-7-9-14-27/h7-18,20-21,23-25,34,36,39,46-48,50H,19,22H2,1-6H3. The molecule has 1 aliphatic carbocycles. The van der Waals surface area contributed by atoms with Crippen molar-refractivity contribution < 1.29 is 19.8 Å². The third kappa shape index (κ3) is 6.34. The van der Waals surface area contributed by atoms with Crippen molar-refractivity contribution in [2.75, 3.05) is 10.6 Å². The lowest BCUT2D eigenvalue weighted by molar-refractivity contribution is 0.0833. The van der Waals surface area contributed by atoms with Crippen molar-refractivity contribution in [3.8, 4) is 16.9 Å². The van der Waals surface area contributed by atoms with Crippen molar-refractivity contribution in [3.63, 3.8) is 0 Å². The molecule has 0 fully saturated rings. The molecule has 51 heavy (non-hydrogen) atoms. The number of para-hydroxylation sites is 1. The van der Waals surface area contributed by atoms with Crippen molar-refractivity contribution in [1.82, 2.24) is 0 Å². The third-order valence-electron chi connectivity index (χ3n) is 10.3. The molecular formula is C45H46N2O4. The number of hydrogen-bond donors (Lipinski definition) is 4. The molecule has 3 unspecified atom stereocenters. The van der Waals surface area contributed by atoms with Crippen LogP contribution in [0, 0.1) is 5.92 Å². The summed E-state index contributed by atoms with van der Waals surface area (Å²) in [6.07, 6.45) is 4.03. The number of aliphatic hydroxyl groups is 1. The molecule has 0 spiro atoms. The van der Waals surface area contributed by atoms with Gasteiger partial charge in [0.15, 0.2) is 11.6 Å². The number of aryl methyl sites for hydroxylation is 1. The Morgan fingerprint density at radius 2 is 1.45 bits per heavy atom. The zero-order valence-corrected chi connectivity index (χ0v) is 30.2. The van der Waals surface area contributed by atoms with Crippen LogP contribution in [-0.2, 0) is 17.3 Å². The van der Waals surface area contributed by atoms with Gasteiger partial charge in [-0.3, -0.25) is 9.59 Å². The number of phenols is 1. The Morgan fingerprint density at radius 1 is 0.784 bits per heavy atom. The van der Waals surface area contributed by atoms with Gasteiger partial charge in [0.25, 0.3) is 0 Å². The number of benzene rings is 5. The number of hydrogen-bond acceptors (Lipinski definition) is 6. The Labute approximate surface area is 300 Å². The monoisotopic (exact) mass is 678 g/mol. The van der Waals surface area contributed by atoms with E-state index in [0.29, 0.717) is 35.4 Å². The molecule has 1 heterocycles. The summed E-state index contributed by atoms with van der Waals surface area (Å²) in [5.41, 5.74) is 7.35. The highest BCUT2D eigenvalue weighted by Crippen LogP contribution is 2.44. The second-order valence-corrected chi connectivity index (χ2v) is 16.0. The molecule has 0 saturated heterocycles. The lowest BCUT2D eigenvalue weighted by Gasteiger charge is -2.29. The summed E-state index contributed by atoms with van der Waals surface area (Å²) >= 11 is 0. The van der Waals surface area contributed by atoms with Crippen LogP contribution in [0.5, 0.6) is 5.75 Å². The summed E-state index contributed by atoms with van der Waals surface area (Å²) in [5.74, 6) is -0.958. The average Bonchev–Trinajstić information content (AvgIpc) is 3.34. The minimum absolute atomic E-state index is 0.186. The maximum Gasteiger partial charge on any atom is 0.177 e. The Bertz CT molecular complexity index is 2170. The number of carbonyl (C=O) groups is 2. The van der Waals surface area contributed by atoms with Gasteiger partial charge in [-0.1, -0.05) is 133 Å². The lowest BCUT2D eigenvalue weighted by Crippen LogP contribution is -2.36. The molecule has 0 aromatic heterocycles. The minimum Gasteiger partial charge on any atom is -0.507 e. The highest BCUT2D eigenvalue weighted by molar-refractivity contribution is 6.32. The van der Waals surface area contributed by atoms with E-state index in [0.717, 1.165) is 49.8 Å². The van der Waals surface area contributed by atoms with Gasteiger partial charge in [-0.25, -0.2) is 0 Å². The first-order valence-electron chi connectivity index (χ1n) is 17.8. The lowest BCUT2D eigenvalue weighted by atomic mass is 9.78. The summed E-state index contributed by atoms with van der Waals surface area (Å²) < 4.78 is 0. The smallest absolute Gasteiger partial charge is 0.177 e. The van der Waals surface area contributed by atoms with Crippen LogP contribution in [0.4, 0.5) is 11.4 Å². The second kappa shape index (κ2) is 12.8. The van der Waals surface area contributed by atoms with E-state index in [1.807, 2.05) is 91.0 Å². The van der Waals surface area contributed by atoms with Crippen LogP contribution in [-0.4, -0.2) is 34.0 Å². The van der Waals surface area contributed by atoms with E-state index in [-0.39, 0.29) is 22.4 Å². The number of fused-ring (bicyclic) bond motifs is 3. The molecule has 0 amide bonds. The van der Waals surface area contributed by atoms with E-state index >= 15 is 0 Å². The summed E-state index contributed by atoms with van der Waals surface area (Å²) in [7, 11) is 0. The summed E-state index contributed by atoms with van der Waals surface area (Å²) in [6.45, 7) is 12.6. The molecule has 3 atom stereocenters. The van der Waals surface area contributed by atoms with Crippen LogP contribution in [0.1, 0.15) is 90.9 Å². The molecule has 260 valence electrons. The molecule has 0 saturated carbocycles. The fourth-order valence-electron chi connectivity index (χ4n) is 7.61. The van der Waals surface area contributed by atoms with E-state index in [2.05, 4.69) is 64.3 Å². The van der Waals surface area contributed by atoms with Crippen LogP contribution in [0.25, 0.3) is 28.0 Å². The molecular weight excluding hydrogens is 633 g/mol. The largest absolute Gasteiger partial charge is 0.507 e. The Kier molecular flexibility index (Phi) is 8.63. The summed E-state index contributed by atoms with van der Waals surface area (Å²) in [4.78, 5) is 28.5. The summed E-state index contributed by atoms with van der Waals surface area (Å²) in [5, 5.41) is 31.1. The fraction of sp³-hybridized carbons (Fsp3) is 0.289. The van der Waals surface area contributed by atoms with Gasteiger partial charge < -0.3 is 20.8 Å². The van der Waals surface area contributed by atoms with Crippen molar-refractivity contribution in [1.29, 1.82) is 0 Å². The van der Waals surface area contributed by atoms with Crippen molar-refractivity contribution in [2.45, 2.75) is 77.5 Å². The molecule has 4 N–H and O–H groups in total. The first-order chi connectivity index (χ1) is 24.2. The quantitative estimate of drug-likeness (QED) is 0.101. The van der Waals surface area contributed by atoms with Gasteiger partial charge in [0.1, 0.15) is 17.9 Å². The molecule has 6 nitrogen and oxygen atoms in total. The van der Waals surface area contributed by atoms with Crippen molar-refractivity contribution in [3.05, 3.63) is 130 Å². The van der Waals surface area contributed by atoms with E-state index in [1.54, 1.807) is 0 Å². The van der Waals surface area contributed by atoms with Crippen molar-refractivity contribution in [2.24, 2.45) is 5.92 Å². The molecule has 5 aromatic carbocycles. The van der Waals surface area contributed by atoms with Gasteiger partial charge in [0.2, 0.25) is 0 Å². The summed E-state index contributed by atoms with van der Waals surface area (Å²) in [6, 6.07) is 28.9. The van der Waals surface area contributed by atoms with E-state index in [1.165, 1.54) is 0 Å². The predicted octanol–water partition coefficient (Wildman–Crippen LogP) is 9.67. The molecule has 0 radical (unpaired) electrons. The van der Waals surface area contributed by atoms with Gasteiger partial charge in [-0.2, -0.15) is 0 Å². The number of ketones is 2. The van der Waals surface area contributed by atoms with Crippen LogP contribution in [0.2, 0.25) is 0 Å². The van der Waals surface area contributed by atoms with E-state index < -0.39 is 18.2 Å². The maximum absolute atomic E-state index is 14.4. The zero-order valence-electron chi connectivity index (χ0n) is 30.2. The number of rotatable bonds is 7. The molecule has 1 aliphatic heterocycles. The molecule has 6 heteroatoms. The van der Waals surface area contributed by atoms with Crippen molar-refractivity contribution >= 4 is 39.8 Å². The zero-order chi connectivity index (χ0) is 36.2.